The van der Waals surface area contributed by atoms with Crippen molar-refractivity contribution in [3.63, 3.8) is 0 Å². The minimum Gasteiger partial charge on any atom is -0.338 e. The van der Waals surface area contributed by atoms with Crippen molar-refractivity contribution in [2.24, 2.45) is 0 Å². The van der Waals surface area contributed by atoms with Gasteiger partial charge in [-0.15, -0.1) is 0 Å². The lowest BCUT2D eigenvalue weighted by atomic mass is 10.1. The summed E-state index contributed by atoms with van der Waals surface area (Å²) in [5.41, 5.74) is 4.16. The van der Waals surface area contributed by atoms with E-state index in [0.29, 0.717) is 30.0 Å². The van der Waals surface area contributed by atoms with Crippen LogP contribution in [-0.2, 0) is 0 Å². The van der Waals surface area contributed by atoms with Crippen LogP contribution in [-0.4, -0.2) is 33.7 Å². The van der Waals surface area contributed by atoms with E-state index in [2.05, 4.69) is 5.10 Å². The molecule has 0 unspecified atom stereocenters. The number of halogens is 1. The van der Waals surface area contributed by atoms with Crippen molar-refractivity contribution in [3.8, 4) is 16.9 Å². The molecule has 0 radical (unpaired) electrons. The van der Waals surface area contributed by atoms with Gasteiger partial charge in [-0.05, 0) is 63.1 Å². The second-order valence-corrected chi connectivity index (χ2v) is 6.57. The van der Waals surface area contributed by atoms with Gasteiger partial charge in [0, 0.05) is 18.7 Å². The van der Waals surface area contributed by atoms with Gasteiger partial charge < -0.3 is 4.90 Å². The Kier molecular flexibility index (Phi) is 5.40. The second-order valence-electron chi connectivity index (χ2n) is 6.57. The van der Waals surface area contributed by atoms with Crippen molar-refractivity contribution < 1.29 is 9.18 Å². The molecule has 5 heteroatoms. The molecule has 1 amide bonds. The number of carbonyl (C=O) groups is 1. The summed E-state index contributed by atoms with van der Waals surface area (Å²) in [6.07, 6.45) is 0. The van der Waals surface area contributed by atoms with E-state index >= 15 is 0 Å². The second kappa shape index (κ2) is 7.74. The molecule has 0 saturated carbocycles. The van der Waals surface area contributed by atoms with E-state index in [4.69, 9.17) is 0 Å². The van der Waals surface area contributed by atoms with Crippen LogP contribution < -0.4 is 0 Å². The molecule has 140 valence electrons. The maximum atomic E-state index is 14.3. The largest absolute Gasteiger partial charge is 0.338 e. The first kappa shape index (κ1) is 18.8. The molecule has 0 aliphatic rings. The molecule has 2 aromatic carbocycles. The lowest BCUT2D eigenvalue weighted by molar-refractivity contribution is 0.0764. The van der Waals surface area contributed by atoms with Gasteiger partial charge >= 0.3 is 0 Å². The highest BCUT2D eigenvalue weighted by Gasteiger charge is 2.23. The van der Waals surface area contributed by atoms with Gasteiger partial charge in [0.2, 0.25) is 0 Å². The zero-order valence-corrected chi connectivity index (χ0v) is 16.2. The molecular weight excluding hydrogens is 341 g/mol. The van der Waals surface area contributed by atoms with Gasteiger partial charge in [0.05, 0.1) is 11.4 Å². The number of amides is 1. The SMILES string of the molecule is CCN(CC)C(=O)c1cc(-c2ccccc2F)nn1-c1cc(C)ccc1C. The number of nitrogens with zero attached hydrogens (tertiary/aromatic N) is 3. The average Bonchev–Trinajstić information content (AvgIpc) is 3.10. The molecule has 0 aliphatic heterocycles. The van der Waals surface area contributed by atoms with Crippen LogP contribution in [0.3, 0.4) is 0 Å². The Morgan fingerprint density at radius 3 is 2.44 bits per heavy atom. The Morgan fingerprint density at radius 2 is 1.78 bits per heavy atom. The number of aryl methyl sites for hydroxylation is 2. The van der Waals surface area contributed by atoms with Gasteiger partial charge in [0.25, 0.3) is 5.91 Å². The van der Waals surface area contributed by atoms with Crippen LogP contribution in [0, 0.1) is 19.7 Å². The third-order valence-corrected chi connectivity index (χ3v) is 4.72. The first-order valence-corrected chi connectivity index (χ1v) is 9.18. The normalized spacial score (nSPS) is 10.9. The Morgan fingerprint density at radius 1 is 1.07 bits per heavy atom. The van der Waals surface area contributed by atoms with Gasteiger partial charge in [-0.2, -0.15) is 5.10 Å². The van der Waals surface area contributed by atoms with E-state index in [1.807, 2.05) is 45.9 Å². The van der Waals surface area contributed by atoms with E-state index in [9.17, 15) is 9.18 Å². The van der Waals surface area contributed by atoms with Crippen LogP contribution in [0.2, 0.25) is 0 Å². The van der Waals surface area contributed by atoms with Crippen LogP contribution in [0.1, 0.15) is 35.5 Å². The van der Waals surface area contributed by atoms with Gasteiger partial charge in [-0.1, -0.05) is 24.3 Å². The monoisotopic (exact) mass is 365 g/mol. The fourth-order valence-electron chi connectivity index (χ4n) is 3.14. The Labute approximate surface area is 159 Å². The Hall–Kier alpha value is -2.95. The van der Waals surface area contributed by atoms with E-state index in [-0.39, 0.29) is 11.7 Å². The molecule has 0 aliphatic carbocycles. The molecular formula is C22H24FN3O. The third kappa shape index (κ3) is 3.63. The highest BCUT2D eigenvalue weighted by molar-refractivity contribution is 5.94. The van der Waals surface area contributed by atoms with E-state index in [1.54, 1.807) is 33.8 Å². The topological polar surface area (TPSA) is 38.1 Å². The molecule has 3 aromatic rings. The molecule has 4 nitrogen and oxygen atoms in total. The van der Waals surface area contributed by atoms with Crippen molar-refractivity contribution in [3.05, 3.63) is 71.2 Å². The van der Waals surface area contributed by atoms with Gasteiger partial charge in [0.15, 0.2) is 0 Å². The van der Waals surface area contributed by atoms with E-state index in [0.717, 1.165) is 16.8 Å². The zero-order valence-electron chi connectivity index (χ0n) is 16.2. The average molecular weight is 365 g/mol. The molecule has 27 heavy (non-hydrogen) atoms. The Bertz CT molecular complexity index is 973. The standard InChI is InChI=1S/C22H24FN3O/c1-5-25(6-2)22(27)21-14-19(17-9-7-8-10-18(17)23)24-26(21)20-13-15(3)11-12-16(20)4/h7-14H,5-6H2,1-4H3. The number of carbonyl (C=O) groups excluding carboxylic acids is 1. The van der Waals surface area contributed by atoms with Crippen LogP contribution in [0.25, 0.3) is 16.9 Å². The zero-order chi connectivity index (χ0) is 19.6. The fourth-order valence-corrected chi connectivity index (χ4v) is 3.14. The highest BCUT2D eigenvalue weighted by atomic mass is 19.1. The summed E-state index contributed by atoms with van der Waals surface area (Å²) in [7, 11) is 0. The molecule has 1 heterocycles. The maximum Gasteiger partial charge on any atom is 0.272 e. The van der Waals surface area contributed by atoms with Gasteiger partial charge in [-0.25, -0.2) is 9.07 Å². The summed E-state index contributed by atoms with van der Waals surface area (Å²) in [6, 6.07) is 14.2. The van der Waals surface area contributed by atoms with Crippen molar-refractivity contribution in [2.75, 3.05) is 13.1 Å². The molecule has 1 aromatic heterocycles. The fraction of sp³-hybridized carbons (Fsp3) is 0.273. The predicted octanol–water partition coefficient (Wildman–Crippen LogP) is 4.78. The molecule has 0 N–H and O–H groups in total. The Balaban J connectivity index is 2.23. The van der Waals surface area contributed by atoms with Crippen molar-refractivity contribution in [1.82, 2.24) is 14.7 Å². The summed E-state index contributed by atoms with van der Waals surface area (Å²) >= 11 is 0. The molecule has 0 bridgehead atoms. The van der Waals surface area contributed by atoms with Crippen molar-refractivity contribution in [1.29, 1.82) is 0 Å². The molecule has 0 atom stereocenters. The number of hydrogen-bond acceptors (Lipinski definition) is 2. The first-order valence-electron chi connectivity index (χ1n) is 9.18. The lowest BCUT2D eigenvalue weighted by Gasteiger charge is -2.19. The minimum absolute atomic E-state index is 0.115. The minimum atomic E-state index is -0.357. The van der Waals surface area contributed by atoms with E-state index < -0.39 is 0 Å². The molecule has 0 spiro atoms. The quantitative estimate of drug-likeness (QED) is 0.653. The van der Waals surface area contributed by atoms with Crippen LogP contribution in [0.15, 0.2) is 48.5 Å². The summed E-state index contributed by atoms with van der Waals surface area (Å²) in [4.78, 5) is 14.8. The smallest absolute Gasteiger partial charge is 0.272 e. The third-order valence-electron chi connectivity index (χ3n) is 4.72. The molecule has 3 rings (SSSR count). The molecule has 0 saturated heterocycles. The van der Waals surface area contributed by atoms with Gasteiger partial charge in [0.1, 0.15) is 11.5 Å². The summed E-state index contributed by atoms with van der Waals surface area (Å²) in [6.45, 7) is 9.06. The predicted molar refractivity (Wildman–Crippen MR) is 106 cm³/mol. The van der Waals surface area contributed by atoms with Crippen LogP contribution >= 0.6 is 0 Å². The summed E-state index contributed by atoms with van der Waals surface area (Å²) < 4.78 is 16.0. The van der Waals surface area contributed by atoms with E-state index in [1.165, 1.54) is 6.07 Å². The maximum absolute atomic E-state index is 14.3. The van der Waals surface area contributed by atoms with Crippen LogP contribution in [0.5, 0.6) is 0 Å². The lowest BCUT2D eigenvalue weighted by Crippen LogP contribution is -2.32. The molecule has 0 fully saturated rings. The highest BCUT2D eigenvalue weighted by Crippen LogP contribution is 2.26. The van der Waals surface area contributed by atoms with Gasteiger partial charge in [-0.3, -0.25) is 4.79 Å². The number of benzene rings is 2. The first-order chi connectivity index (χ1) is 13.0. The van der Waals surface area contributed by atoms with Crippen LogP contribution in [0.4, 0.5) is 4.39 Å². The summed E-state index contributed by atoms with van der Waals surface area (Å²) in [5.74, 6) is -0.471. The summed E-state index contributed by atoms with van der Waals surface area (Å²) in [5, 5.41) is 4.61. The van der Waals surface area contributed by atoms with Crippen molar-refractivity contribution in [2.45, 2.75) is 27.7 Å². The number of aromatic nitrogens is 2. The van der Waals surface area contributed by atoms with Crippen molar-refractivity contribution >= 4 is 5.91 Å². The number of rotatable bonds is 5. The number of hydrogen-bond donors (Lipinski definition) is 0.